The van der Waals surface area contributed by atoms with Crippen molar-refractivity contribution in [3.8, 4) is 17.2 Å². The molecule has 1 aliphatic carbocycles. The molecule has 0 aromatic heterocycles. The van der Waals surface area contributed by atoms with E-state index in [1.807, 2.05) is 6.92 Å². The maximum absolute atomic E-state index is 14.8. The van der Waals surface area contributed by atoms with Crippen molar-refractivity contribution in [1.82, 2.24) is 5.32 Å². The van der Waals surface area contributed by atoms with Crippen molar-refractivity contribution >= 4 is 23.6 Å². The standard InChI is InChI=1S/C31H35ClFNO10/c1-15(8-9-40-19-5-3-4-18(32)12-19)23-13-20(33)31(44-23)43-22-7-6-17(11-21(22)35)10-16(2)30(39)34-24-25(36)27(38)29-28(26(24)37)41-14-42-29/h3-8,10-12,20,23-29,31,35-38H,9,13-14H2,1-2H3,(H,34,39)/b15-8+,16-10+/t20-,23+,24-,25?,26-,27?,28+,29?,31-/m1/s1. The van der Waals surface area contributed by atoms with Crippen LogP contribution >= 0.6 is 11.6 Å². The van der Waals surface area contributed by atoms with Crippen molar-refractivity contribution in [2.45, 2.75) is 75.4 Å². The molecule has 2 aromatic carbocycles. The molecule has 11 nitrogen and oxygen atoms in total. The van der Waals surface area contributed by atoms with Crippen LogP contribution in [-0.4, -0.2) is 94.9 Å². The van der Waals surface area contributed by atoms with Gasteiger partial charge in [0.2, 0.25) is 12.2 Å². The summed E-state index contributed by atoms with van der Waals surface area (Å²) in [7, 11) is 0. The fourth-order valence-electron chi connectivity index (χ4n) is 5.36. The summed E-state index contributed by atoms with van der Waals surface area (Å²) in [6.07, 6.45) is -5.84. The lowest BCUT2D eigenvalue weighted by Crippen LogP contribution is -2.67. The summed E-state index contributed by atoms with van der Waals surface area (Å²) >= 11 is 5.97. The Bertz CT molecular complexity index is 1410. The number of hydrogen-bond acceptors (Lipinski definition) is 10. The number of halogens is 2. The molecule has 0 bridgehead atoms. The average Bonchev–Trinajstić information content (AvgIpc) is 3.63. The van der Waals surface area contributed by atoms with Gasteiger partial charge in [-0.15, -0.1) is 0 Å². The number of rotatable bonds is 9. The second-order valence-electron chi connectivity index (χ2n) is 11.0. The van der Waals surface area contributed by atoms with Crippen LogP contribution in [0.2, 0.25) is 5.02 Å². The molecule has 3 aliphatic rings. The van der Waals surface area contributed by atoms with Crippen LogP contribution < -0.4 is 14.8 Å². The van der Waals surface area contributed by atoms with E-state index in [2.05, 4.69) is 5.32 Å². The highest BCUT2D eigenvalue weighted by atomic mass is 35.5. The van der Waals surface area contributed by atoms with Crippen molar-refractivity contribution in [2.24, 2.45) is 0 Å². The monoisotopic (exact) mass is 635 g/mol. The lowest BCUT2D eigenvalue weighted by atomic mass is 9.83. The number of fused-ring (bicyclic) bond motifs is 1. The van der Waals surface area contributed by atoms with Crippen LogP contribution in [0.3, 0.4) is 0 Å². The normalized spacial score (nSPS) is 32.3. The summed E-state index contributed by atoms with van der Waals surface area (Å²) in [6.45, 7) is 3.42. The lowest BCUT2D eigenvalue weighted by Gasteiger charge is -2.41. The van der Waals surface area contributed by atoms with Crippen molar-refractivity contribution in [1.29, 1.82) is 0 Å². The summed E-state index contributed by atoms with van der Waals surface area (Å²) in [5, 5.41) is 45.0. The molecule has 2 aliphatic heterocycles. The SMILES string of the molecule is C/C(=C\c1ccc(O[C@@H]2O[C@H](/C(C)=C/COc3cccc(Cl)c3)C[C@H]2F)c(O)c1)C(=O)N[C@@H]1C(O)C(O)C2OCO[C@H]2[C@@H]1O. The Morgan fingerprint density at radius 3 is 2.57 bits per heavy atom. The molecule has 238 valence electrons. The average molecular weight is 636 g/mol. The fraction of sp³-hybridized carbons (Fsp3) is 0.452. The predicted octanol–water partition coefficient (Wildman–Crippen LogP) is 2.63. The number of amides is 1. The predicted molar refractivity (Wildman–Crippen MR) is 156 cm³/mol. The van der Waals surface area contributed by atoms with Gasteiger partial charge in [0.05, 0.1) is 12.1 Å². The first-order valence-corrected chi connectivity index (χ1v) is 14.5. The zero-order valence-electron chi connectivity index (χ0n) is 24.0. The van der Waals surface area contributed by atoms with Crippen LogP contribution in [0.5, 0.6) is 17.2 Å². The molecule has 3 unspecified atom stereocenters. The number of aliphatic hydroxyl groups excluding tert-OH is 3. The molecule has 2 aromatic rings. The largest absolute Gasteiger partial charge is 0.504 e. The van der Waals surface area contributed by atoms with E-state index < -0.39 is 61.0 Å². The number of ether oxygens (including phenoxy) is 5. The van der Waals surface area contributed by atoms with Gasteiger partial charge in [0, 0.05) is 17.0 Å². The Balaban J connectivity index is 1.16. The number of alkyl halides is 1. The zero-order chi connectivity index (χ0) is 31.5. The first-order valence-electron chi connectivity index (χ1n) is 14.1. The van der Waals surface area contributed by atoms with Gasteiger partial charge >= 0.3 is 0 Å². The summed E-state index contributed by atoms with van der Waals surface area (Å²) in [5.41, 5.74) is 1.39. The van der Waals surface area contributed by atoms with Gasteiger partial charge in [-0.05, 0) is 67.5 Å². The van der Waals surface area contributed by atoms with Gasteiger partial charge in [-0.3, -0.25) is 4.79 Å². The Labute approximate surface area is 258 Å². The third kappa shape index (κ3) is 7.18. The molecular weight excluding hydrogens is 601 g/mol. The van der Waals surface area contributed by atoms with Gasteiger partial charge in [-0.2, -0.15) is 0 Å². The van der Waals surface area contributed by atoms with Crippen LogP contribution in [0.15, 0.2) is 59.7 Å². The molecule has 5 rings (SSSR count). The molecular formula is C31H35ClFNO10. The van der Waals surface area contributed by atoms with E-state index in [4.69, 9.17) is 35.3 Å². The van der Waals surface area contributed by atoms with Crippen LogP contribution in [0.4, 0.5) is 4.39 Å². The fourth-order valence-corrected chi connectivity index (χ4v) is 5.54. The summed E-state index contributed by atoms with van der Waals surface area (Å²) in [4.78, 5) is 12.8. The molecule has 2 heterocycles. The summed E-state index contributed by atoms with van der Waals surface area (Å²) in [6, 6.07) is 10.1. The second kappa shape index (κ2) is 13.8. The molecule has 2 saturated heterocycles. The van der Waals surface area contributed by atoms with E-state index >= 15 is 0 Å². The summed E-state index contributed by atoms with van der Waals surface area (Å²) < 4.78 is 42.4. The van der Waals surface area contributed by atoms with Crippen molar-refractivity contribution < 1.29 is 53.3 Å². The van der Waals surface area contributed by atoms with Crippen LogP contribution in [-0.2, 0) is 19.0 Å². The molecule has 13 heteroatoms. The van der Waals surface area contributed by atoms with E-state index in [0.29, 0.717) is 16.3 Å². The first-order chi connectivity index (χ1) is 21.0. The van der Waals surface area contributed by atoms with Gasteiger partial charge in [0.15, 0.2) is 17.7 Å². The Kier molecular flexibility index (Phi) is 10.1. The van der Waals surface area contributed by atoms with Gasteiger partial charge in [-0.25, -0.2) is 4.39 Å². The van der Waals surface area contributed by atoms with Crippen LogP contribution in [0.25, 0.3) is 6.08 Å². The molecule has 5 N–H and O–H groups in total. The number of aromatic hydroxyl groups is 1. The minimum Gasteiger partial charge on any atom is -0.504 e. The van der Waals surface area contributed by atoms with E-state index in [1.54, 1.807) is 36.4 Å². The van der Waals surface area contributed by atoms with Crippen LogP contribution in [0, 0.1) is 0 Å². The summed E-state index contributed by atoms with van der Waals surface area (Å²) in [5.74, 6) is -0.305. The molecule has 1 saturated carbocycles. The highest BCUT2D eigenvalue weighted by Gasteiger charge is 2.53. The van der Waals surface area contributed by atoms with E-state index in [-0.39, 0.29) is 36.9 Å². The maximum atomic E-state index is 14.8. The minimum absolute atomic E-state index is 0.000693. The molecule has 0 radical (unpaired) electrons. The molecule has 0 spiro atoms. The van der Waals surface area contributed by atoms with E-state index in [0.717, 1.165) is 5.57 Å². The zero-order valence-corrected chi connectivity index (χ0v) is 24.8. The number of phenols is 1. The van der Waals surface area contributed by atoms with Gasteiger partial charge < -0.3 is 49.4 Å². The van der Waals surface area contributed by atoms with Gasteiger partial charge in [-0.1, -0.05) is 23.7 Å². The highest BCUT2D eigenvalue weighted by Crippen LogP contribution is 2.35. The quantitative estimate of drug-likeness (QED) is 0.205. The van der Waals surface area contributed by atoms with E-state index in [9.17, 15) is 29.6 Å². The third-order valence-corrected chi connectivity index (χ3v) is 8.10. The number of benzene rings is 2. The smallest absolute Gasteiger partial charge is 0.247 e. The molecule has 1 amide bonds. The number of carbonyl (C=O) groups is 1. The van der Waals surface area contributed by atoms with Gasteiger partial charge in [0.25, 0.3) is 0 Å². The molecule has 44 heavy (non-hydrogen) atoms. The number of hydrogen-bond donors (Lipinski definition) is 5. The first kappa shape index (κ1) is 32.2. The number of nitrogens with one attached hydrogen (secondary N) is 1. The Morgan fingerprint density at radius 1 is 1.09 bits per heavy atom. The maximum Gasteiger partial charge on any atom is 0.247 e. The van der Waals surface area contributed by atoms with Crippen molar-refractivity contribution in [3.05, 3.63) is 70.3 Å². The number of aliphatic hydroxyl groups is 3. The Hall–Kier alpha value is -3.23. The third-order valence-electron chi connectivity index (χ3n) is 7.86. The Morgan fingerprint density at radius 2 is 1.84 bits per heavy atom. The van der Waals surface area contributed by atoms with Crippen molar-refractivity contribution in [3.63, 3.8) is 0 Å². The van der Waals surface area contributed by atoms with E-state index in [1.165, 1.54) is 25.1 Å². The lowest BCUT2D eigenvalue weighted by molar-refractivity contribution is -0.155. The number of phenolic OH excluding ortho intramolecular Hbond substituents is 1. The molecule has 9 atom stereocenters. The number of carbonyl (C=O) groups excluding carboxylic acids is 1. The molecule has 3 fully saturated rings. The van der Waals surface area contributed by atoms with Crippen LogP contribution in [0.1, 0.15) is 25.8 Å². The topological polar surface area (TPSA) is 156 Å². The second-order valence-corrected chi connectivity index (χ2v) is 11.4. The van der Waals surface area contributed by atoms with Gasteiger partial charge in [0.1, 0.15) is 49.7 Å². The van der Waals surface area contributed by atoms with Crippen molar-refractivity contribution in [2.75, 3.05) is 13.4 Å². The highest BCUT2D eigenvalue weighted by molar-refractivity contribution is 6.30. The minimum atomic E-state index is -1.48.